The van der Waals surface area contributed by atoms with E-state index in [1.54, 1.807) is 45.3 Å². The van der Waals surface area contributed by atoms with E-state index in [1.807, 2.05) is 0 Å². The van der Waals surface area contributed by atoms with Crippen LogP contribution in [0.15, 0.2) is 42.5 Å². The second-order valence-electron chi connectivity index (χ2n) is 7.26. The van der Waals surface area contributed by atoms with E-state index in [4.69, 9.17) is 0 Å². The molecule has 1 fully saturated rings. The van der Waals surface area contributed by atoms with Crippen molar-refractivity contribution in [2.45, 2.75) is 25.6 Å². The van der Waals surface area contributed by atoms with Crippen LogP contribution in [0.5, 0.6) is 0 Å². The first kappa shape index (κ1) is 19.3. The summed E-state index contributed by atoms with van der Waals surface area (Å²) >= 11 is 0. The molecule has 0 saturated carbocycles. The lowest BCUT2D eigenvalue weighted by Crippen LogP contribution is -2.44. The van der Waals surface area contributed by atoms with Gasteiger partial charge in [-0.25, -0.2) is 18.0 Å². The molecule has 0 radical (unpaired) electrons. The Kier molecular flexibility index (Phi) is 5.44. The molecule has 1 aliphatic rings. The van der Waals surface area contributed by atoms with Crippen molar-refractivity contribution in [3.05, 3.63) is 59.7 Å². The summed E-state index contributed by atoms with van der Waals surface area (Å²) in [6.07, 6.45) is -0.941. The molecule has 3 atom stereocenters. The van der Waals surface area contributed by atoms with Crippen molar-refractivity contribution >= 4 is 6.03 Å². The highest BCUT2D eigenvalue weighted by molar-refractivity contribution is 5.75. The van der Waals surface area contributed by atoms with Crippen LogP contribution in [0.1, 0.15) is 12.5 Å². The highest BCUT2D eigenvalue weighted by Crippen LogP contribution is 2.32. The number of amides is 2. The molecular weight excluding hydrogens is 353 g/mol. The minimum Gasteiger partial charge on any atom is -0.331 e. The first-order valence-corrected chi connectivity index (χ1v) is 8.95. The summed E-state index contributed by atoms with van der Waals surface area (Å²) in [4.78, 5) is 15.3. The van der Waals surface area contributed by atoms with E-state index in [2.05, 4.69) is 0 Å². The Morgan fingerprint density at radius 1 is 1.19 bits per heavy atom. The lowest BCUT2D eigenvalue weighted by atomic mass is 9.92. The molecule has 144 valence electrons. The zero-order valence-electron chi connectivity index (χ0n) is 15.6. The van der Waals surface area contributed by atoms with Crippen molar-refractivity contribution in [3.63, 3.8) is 0 Å². The zero-order valence-corrected chi connectivity index (χ0v) is 15.6. The van der Waals surface area contributed by atoms with Gasteiger partial charge in [0.25, 0.3) is 0 Å². The number of carbonyl (C=O) groups is 1. The molecule has 2 amide bonds. The quantitative estimate of drug-likeness (QED) is 0.773. The Balaban J connectivity index is 1.93. The Bertz CT molecular complexity index is 840. The second-order valence-corrected chi connectivity index (χ2v) is 7.26. The molecule has 3 rings (SSSR count). The summed E-state index contributed by atoms with van der Waals surface area (Å²) in [6.45, 7) is 1.75. The van der Waals surface area contributed by atoms with Crippen molar-refractivity contribution in [1.82, 2.24) is 9.80 Å². The van der Waals surface area contributed by atoms with Crippen LogP contribution >= 0.6 is 0 Å². The first-order chi connectivity index (χ1) is 12.8. The molecule has 6 heteroatoms. The van der Waals surface area contributed by atoms with Crippen LogP contribution in [-0.4, -0.2) is 48.7 Å². The van der Waals surface area contributed by atoms with Crippen LogP contribution < -0.4 is 0 Å². The summed E-state index contributed by atoms with van der Waals surface area (Å²) in [6, 6.07) is 9.95. The molecule has 0 aliphatic carbocycles. The van der Waals surface area contributed by atoms with Crippen LogP contribution in [0.4, 0.5) is 18.0 Å². The fourth-order valence-corrected chi connectivity index (χ4v) is 3.63. The second kappa shape index (κ2) is 7.62. The average Bonchev–Trinajstić information content (AvgIpc) is 2.91. The van der Waals surface area contributed by atoms with Gasteiger partial charge >= 0.3 is 6.03 Å². The number of halogens is 3. The molecule has 1 heterocycles. The molecule has 0 aromatic heterocycles. The molecule has 1 aliphatic heterocycles. The molecule has 2 aromatic rings. The number of benzene rings is 2. The number of alkyl halides is 1. The van der Waals surface area contributed by atoms with Crippen molar-refractivity contribution < 1.29 is 18.0 Å². The maximum atomic E-state index is 15.1. The first-order valence-electron chi connectivity index (χ1n) is 8.95. The fraction of sp³-hybridized carbons (Fsp3) is 0.381. The normalized spacial score (nSPS) is 22.1. The summed E-state index contributed by atoms with van der Waals surface area (Å²) in [5.74, 6) is -1.30. The Labute approximate surface area is 157 Å². The van der Waals surface area contributed by atoms with Crippen LogP contribution in [0.25, 0.3) is 11.1 Å². The van der Waals surface area contributed by atoms with Gasteiger partial charge in [0.15, 0.2) is 0 Å². The molecule has 1 saturated heterocycles. The van der Waals surface area contributed by atoms with E-state index in [0.29, 0.717) is 16.7 Å². The average molecular weight is 376 g/mol. The predicted octanol–water partition coefficient (Wildman–Crippen LogP) is 4.51. The predicted molar refractivity (Wildman–Crippen MR) is 99.1 cm³/mol. The van der Waals surface area contributed by atoms with Gasteiger partial charge in [-0.3, -0.25) is 0 Å². The van der Waals surface area contributed by atoms with Crippen molar-refractivity contribution in [2.24, 2.45) is 5.92 Å². The van der Waals surface area contributed by atoms with Gasteiger partial charge in [-0.2, -0.15) is 0 Å². The largest absolute Gasteiger partial charge is 0.331 e. The molecule has 0 unspecified atom stereocenters. The smallest absolute Gasteiger partial charge is 0.319 e. The summed E-state index contributed by atoms with van der Waals surface area (Å²) in [7, 11) is 3.22. The van der Waals surface area contributed by atoms with Gasteiger partial charge in [0.1, 0.15) is 17.8 Å². The summed E-state index contributed by atoms with van der Waals surface area (Å²) < 4.78 is 42.9. The van der Waals surface area contributed by atoms with E-state index in [-0.39, 0.29) is 19.0 Å². The third-order valence-corrected chi connectivity index (χ3v) is 5.22. The van der Waals surface area contributed by atoms with E-state index >= 15 is 4.39 Å². The van der Waals surface area contributed by atoms with E-state index < -0.39 is 29.8 Å². The Morgan fingerprint density at radius 2 is 1.89 bits per heavy atom. The molecule has 3 nitrogen and oxygen atoms in total. The molecule has 0 N–H and O–H groups in total. The number of urea groups is 1. The van der Waals surface area contributed by atoms with Gasteiger partial charge in [-0.05, 0) is 29.7 Å². The minimum atomic E-state index is -1.15. The third-order valence-electron chi connectivity index (χ3n) is 5.22. The van der Waals surface area contributed by atoms with Gasteiger partial charge in [0.2, 0.25) is 0 Å². The van der Waals surface area contributed by atoms with Gasteiger partial charge in [-0.1, -0.05) is 37.3 Å². The number of nitrogens with zero attached hydrogens (tertiary/aromatic N) is 2. The number of rotatable bonds is 3. The number of hydrogen-bond donors (Lipinski definition) is 0. The number of likely N-dealkylation sites (tertiary alicyclic amines) is 1. The van der Waals surface area contributed by atoms with E-state index in [0.717, 1.165) is 0 Å². The molecule has 27 heavy (non-hydrogen) atoms. The molecule has 2 aromatic carbocycles. The number of hydrogen-bond acceptors (Lipinski definition) is 1. The molecule has 0 spiro atoms. The lowest BCUT2D eigenvalue weighted by molar-refractivity contribution is 0.160. The SMILES string of the molecule is C[C@H]1[C@@H](F)CN(C(=O)N(C)C)[C@H]1Cc1cccc(-c2cccc(F)c2)c1F. The summed E-state index contributed by atoms with van der Waals surface area (Å²) in [5.41, 5.74) is 1.12. The van der Waals surface area contributed by atoms with Gasteiger partial charge < -0.3 is 9.80 Å². The lowest BCUT2D eigenvalue weighted by Gasteiger charge is -2.29. The van der Waals surface area contributed by atoms with Crippen molar-refractivity contribution in [3.8, 4) is 11.1 Å². The van der Waals surface area contributed by atoms with Crippen molar-refractivity contribution in [2.75, 3.05) is 20.6 Å². The maximum absolute atomic E-state index is 15.1. The van der Waals surface area contributed by atoms with Gasteiger partial charge in [0, 0.05) is 31.6 Å². The van der Waals surface area contributed by atoms with Crippen molar-refractivity contribution in [1.29, 1.82) is 0 Å². The van der Waals surface area contributed by atoms with Crippen LogP contribution in [0, 0.1) is 17.6 Å². The monoisotopic (exact) mass is 376 g/mol. The third kappa shape index (κ3) is 3.80. The van der Waals surface area contributed by atoms with E-state index in [1.165, 1.54) is 28.0 Å². The highest BCUT2D eigenvalue weighted by Gasteiger charge is 2.42. The fourth-order valence-electron chi connectivity index (χ4n) is 3.63. The maximum Gasteiger partial charge on any atom is 0.319 e. The molecule has 0 bridgehead atoms. The van der Waals surface area contributed by atoms with Gasteiger partial charge in [0.05, 0.1) is 6.54 Å². The van der Waals surface area contributed by atoms with Gasteiger partial charge in [-0.15, -0.1) is 0 Å². The topological polar surface area (TPSA) is 23.6 Å². The Hall–Kier alpha value is -2.50. The zero-order chi connectivity index (χ0) is 19.7. The van der Waals surface area contributed by atoms with Crippen LogP contribution in [0.2, 0.25) is 0 Å². The van der Waals surface area contributed by atoms with Crippen LogP contribution in [-0.2, 0) is 6.42 Å². The molecular formula is C21H23F3N2O. The minimum absolute atomic E-state index is 0.00799. The standard InChI is InChI=1S/C21H23F3N2O/c1-13-18(23)12-26(21(27)25(2)3)19(13)11-15-7-5-9-17(20(15)24)14-6-4-8-16(22)10-14/h4-10,13,18-19H,11-12H2,1-3H3/t13-,18-,19-/m0/s1. The Morgan fingerprint density at radius 3 is 2.56 bits per heavy atom. The number of carbonyl (C=O) groups excluding carboxylic acids is 1. The highest BCUT2D eigenvalue weighted by atomic mass is 19.1. The van der Waals surface area contributed by atoms with Crippen LogP contribution in [0.3, 0.4) is 0 Å². The summed E-state index contributed by atoms with van der Waals surface area (Å²) in [5, 5.41) is 0. The van der Waals surface area contributed by atoms with E-state index in [9.17, 15) is 13.6 Å².